The number of ether oxygens (including phenoxy) is 1. The van der Waals surface area contributed by atoms with E-state index in [-0.39, 0.29) is 5.91 Å². The third-order valence-corrected chi connectivity index (χ3v) is 4.46. The Morgan fingerprint density at radius 1 is 1.43 bits per heavy atom. The van der Waals surface area contributed by atoms with Crippen LogP contribution in [0.1, 0.15) is 29.0 Å². The number of imidazole rings is 1. The van der Waals surface area contributed by atoms with E-state index in [0.29, 0.717) is 11.6 Å². The van der Waals surface area contributed by atoms with Crippen molar-refractivity contribution in [2.24, 2.45) is 5.92 Å². The molecule has 2 aliphatic heterocycles. The van der Waals surface area contributed by atoms with Gasteiger partial charge in [-0.1, -0.05) is 0 Å². The van der Waals surface area contributed by atoms with Gasteiger partial charge in [0, 0.05) is 38.4 Å². The van der Waals surface area contributed by atoms with E-state index in [1.165, 1.54) is 6.42 Å². The van der Waals surface area contributed by atoms with Crippen LogP contribution in [0.15, 0.2) is 6.33 Å². The average molecular weight is 292 g/mol. The van der Waals surface area contributed by atoms with Gasteiger partial charge in [-0.05, 0) is 25.7 Å². The van der Waals surface area contributed by atoms with Gasteiger partial charge in [0.25, 0.3) is 5.91 Å². The van der Waals surface area contributed by atoms with Crippen molar-refractivity contribution in [3.8, 4) is 0 Å². The summed E-state index contributed by atoms with van der Waals surface area (Å²) in [5, 5.41) is 0. The molecule has 3 rings (SSSR count). The van der Waals surface area contributed by atoms with Crippen LogP contribution < -0.4 is 0 Å². The monoisotopic (exact) mass is 292 g/mol. The van der Waals surface area contributed by atoms with Crippen molar-refractivity contribution in [2.75, 3.05) is 45.9 Å². The van der Waals surface area contributed by atoms with E-state index in [0.717, 1.165) is 58.1 Å². The van der Waals surface area contributed by atoms with E-state index in [4.69, 9.17) is 4.74 Å². The fraction of sp³-hybridized carbons (Fsp3) is 0.733. The number of amides is 1. The van der Waals surface area contributed by atoms with E-state index in [2.05, 4.69) is 14.9 Å². The number of hydrogen-bond donors (Lipinski definition) is 1. The molecular weight excluding hydrogens is 268 g/mol. The molecule has 6 heteroatoms. The second-order valence-corrected chi connectivity index (χ2v) is 6.05. The number of morpholine rings is 1. The van der Waals surface area contributed by atoms with Crippen molar-refractivity contribution in [2.45, 2.75) is 19.8 Å². The van der Waals surface area contributed by atoms with E-state index in [9.17, 15) is 4.79 Å². The maximum absolute atomic E-state index is 12.5. The lowest BCUT2D eigenvalue weighted by atomic mass is 9.97. The highest BCUT2D eigenvalue weighted by molar-refractivity contribution is 5.93. The van der Waals surface area contributed by atoms with Crippen LogP contribution in [-0.2, 0) is 4.74 Å². The smallest absolute Gasteiger partial charge is 0.274 e. The van der Waals surface area contributed by atoms with Gasteiger partial charge in [-0.15, -0.1) is 0 Å². The third kappa shape index (κ3) is 3.44. The number of hydrogen-bond acceptors (Lipinski definition) is 4. The minimum Gasteiger partial charge on any atom is -0.379 e. The van der Waals surface area contributed by atoms with Gasteiger partial charge in [-0.25, -0.2) is 4.98 Å². The Morgan fingerprint density at radius 2 is 2.24 bits per heavy atom. The SMILES string of the molecule is Cc1[nH]cnc1C(=O)N1CCCC(CN2CCOCC2)C1. The molecule has 0 bridgehead atoms. The molecule has 116 valence electrons. The minimum atomic E-state index is 0.0698. The van der Waals surface area contributed by atoms with Crippen LogP contribution in [0.2, 0.25) is 0 Å². The molecule has 1 aromatic rings. The average Bonchev–Trinajstić information content (AvgIpc) is 2.94. The first-order chi connectivity index (χ1) is 10.2. The molecule has 0 saturated carbocycles. The quantitative estimate of drug-likeness (QED) is 0.899. The van der Waals surface area contributed by atoms with Gasteiger partial charge in [0.1, 0.15) is 5.69 Å². The molecule has 2 aliphatic rings. The summed E-state index contributed by atoms with van der Waals surface area (Å²) in [6.07, 6.45) is 3.89. The van der Waals surface area contributed by atoms with Crippen LogP contribution in [-0.4, -0.2) is 71.6 Å². The molecule has 1 amide bonds. The van der Waals surface area contributed by atoms with Crippen molar-refractivity contribution in [1.82, 2.24) is 19.8 Å². The van der Waals surface area contributed by atoms with Crippen LogP contribution in [0.4, 0.5) is 0 Å². The minimum absolute atomic E-state index is 0.0698. The Morgan fingerprint density at radius 3 is 2.95 bits per heavy atom. The largest absolute Gasteiger partial charge is 0.379 e. The third-order valence-electron chi connectivity index (χ3n) is 4.46. The zero-order valence-electron chi connectivity index (χ0n) is 12.7. The highest BCUT2D eigenvalue weighted by Crippen LogP contribution is 2.20. The number of aromatic amines is 1. The molecule has 1 N–H and O–H groups in total. The molecular formula is C15H24N4O2. The number of piperidine rings is 1. The second-order valence-electron chi connectivity index (χ2n) is 6.05. The fourth-order valence-electron chi connectivity index (χ4n) is 3.27. The Bertz CT molecular complexity index is 482. The summed E-state index contributed by atoms with van der Waals surface area (Å²) in [5.74, 6) is 0.639. The summed E-state index contributed by atoms with van der Waals surface area (Å²) in [7, 11) is 0. The molecule has 1 atom stereocenters. The number of carbonyl (C=O) groups is 1. The summed E-state index contributed by atoms with van der Waals surface area (Å²) in [6.45, 7) is 8.38. The Kier molecular flexibility index (Phi) is 4.55. The number of carbonyl (C=O) groups excluding carboxylic acids is 1. The first kappa shape index (κ1) is 14.5. The second kappa shape index (κ2) is 6.58. The zero-order valence-corrected chi connectivity index (χ0v) is 12.7. The fourth-order valence-corrected chi connectivity index (χ4v) is 3.27. The van der Waals surface area contributed by atoms with Crippen LogP contribution in [0.25, 0.3) is 0 Å². The summed E-state index contributed by atoms with van der Waals surface area (Å²) < 4.78 is 5.39. The molecule has 0 spiro atoms. The van der Waals surface area contributed by atoms with E-state index < -0.39 is 0 Å². The van der Waals surface area contributed by atoms with Gasteiger partial charge in [0.15, 0.2) is 0 Å². The topological polar surface area (TPSA) is 61.5 Å². The zero-order chi connectivity index (χ0) is 14.7. The lowest BCUT2D eigenvalue weighted by Gasteiger charge is -2.36. The molecule has 0 radical (unpaired) electrons. The normalized spacial score (nSPS) is 24.2. The van der Waals surface area contributed by atoms with Gasteiger partial charge >= 0.3 is 0 Å². The summed E-state index contributed by atoms with van der Waals surface area (Å²) in [4.78, 5) is 24.1. The highest BCUT2D eigenvalue weighted by Gasteiger charge is 2.27. The number of aryl methyl sites for hydroxylation is 1. The Balaban J connectivity index is 1.57. The van der Waals surface area contributed by atoms with Crippen molar-refractivity contribution in [1.29, 1.82) is 0 Å². The number of likely N-dealkylation sites (tertiary alicyclic amines) is 1. The number of rotatable bonds is 3. The Hall–Kier alpha value is -1.40. The molecule has 0 aromatic carbocycles. The lowest BCUT2D eigenvalue weighted by molar-refractivity contribution is 0.0223. The van der Waals surface area contributed by atoms with Gasteiger partial charge in [0.05, 0.1) is 19.5 Å². The molecule has 2 saturated heterocycles. The molecule has 1 aromatic heterocycles. The van der Waals surface area contributed by atoms with Gasteiger partial charge in [0.2, 0.25) is 0 Å². The van der Waals surface area contributed by atoms with E-state index >= 15 is 0 Å². The number of aromatic nitrogens is 2. The predicted molar refractivity (Wildman–Crippen MR) is 79.2 cm³/mol. The van der Waals surface area contributed by atoms with Gasteiger partial charge in [-0.3, -0.25) is 9.69 Å². The number of nitrogens with zero attached hydrogens (tertiary/aromatic N) is 3. The maximum Gasteiger partial charge on any atom is 0.274 e. The number of H-pyrrole nitrogens is 1. The van der Waals surface area contributed by atoms with Gasteiger partial charge < -0.3 is 14.6 Å². The molecule has 1 unspecified atom stereocenters. The van der Waals surface area contributed by atoms with Crippen LogP contribution in [0.3, 0.4) is 0 Å². The van der Waals surface area contributed by atoms with E-state index in [1.54, 1.807) is 6.33 Å². The number of nitrogens with one attached hydrogen (secondary N) is 1. The van der Waals surface area contributed by atoms with Crippen molar-refractivity contribution in [3.05, 3.63) is 17.7 Å². The first-order valence-electron chi connectivity index (χ1n) is 7.83. The summed E-state index contributed by atoms with van der Waals surface area (Å²) >= 11 is 0. The van der Waals surface area contributed by atoms with Crippen molar-refractivity contribution >= 4 is 5.91 Å². The maximum atomic E-state index is 12.5. The molecule has 21 heavy (non-hydrogen) atoms. The molecule has 3 heterocycles. The molecule has 2 fully saturated rings. The molecule has 0 aliphatic carbocycles. The van der Waals surface area contributed by atoms with Crippen LogP contribution >= 0.6 is 0 Å². The predicted octanol–water partition coefficient (Wildman–Crippen LogP) is 0.903. The molecule has 6 nitrogen and oxygen atoms in total. The van der Waals surface area contributed by atoms with Crippen molar-refractivity contribution in [3.63, 3.8) is 0 Å². The van der Waals surface area contributed by atoms with Crippen molar-refractivity contribution < 1.29 is 9.53 Å². The van der Waals surface area contributed by atoms with E-state index in [1.807, 2.05) is 11.8 Å². The first-order valence-corrected chi connectivity index (χ1v) is 7.83. The van der Waals surface area contributed by atoms with Crippen LogP contribution in [0.5, 0.6) is 0 Å². The highest BCUT2D eigenvalue weighted by atomic mass is 16.5. The van der Waals surface area contributed by atoms with Gasteiger partial charge in [-0.2, -0.15) is 0 Å². The standard InChI is InChI=1S/C15H24N4O2/c1-12-14(17-11-16-12)15(20)19-4-2-3-13(10-19)9-18-5-7-21-8-6-18/h11,13H,2-10H2,1H3,(H,16,17). The van der Waals surface area contributed by atoms with Crippen LogP contribution in [0, 0.1) is 12.8 Å². The summed E-state index contributed by atoms with van der Waals surface area (Å²) in [5.41, 5.74) is 1.43. The lowest BCUT2D eigenvalue weighted by Crippen LogP contribution is -2.46. The Labute approximate surface area is 125 Å². The summed E-state index contributed by atoms with van der Waals surface area (Å²) in [6, 6.07) is 0.